The first-order chi connectivity index (χ1) is 31.0. The molecule has 2 aromatic carbocycles. The molecule has 2 aliphatic rings. The number of aliphatic hydroxyl groups is 2. The number of alkyl halides is 4. The van der Waals surface area contributed by atoms with Gasteiger partial charge < -0.3 is 58.0 Å². The Hall–Kier alpha value is -3.53. The smallest absolute Gasteiger partial charge is 0.340 e. The Bertz CT molecular complexity index is 1560. The summed E-state index contributed by atoms with van der Waals surface area (Å²) in [7, 11) is 3.02. The highest BCUT2D eigenvalue weighted by atomic mass is 79.9. The third-order valence-corrected chi connectivity index (χ3v) is 12.4. The van der Waals surface area contributed by atoms with E-state index in [1.54, 1.807) is 43.3 Å². The van der Waals surface area contributed by atoms with E-state index in [1.807, 2.05) is 6.92 Å². The number of esters is 2. The first-order valence-electron chi connectivity index (χ1n) is 22.3. The molecule has 0 bridgehead atoms. The molecule has 0 unspecified atom stereocenters. The van der Waals surface area contributed by atoms with Crippen LogP contribution in [0.5, 0.6) is 11.5 Å². The van der Waals surface area contributed by atoms with Crippen molar-refractivity contribution in [1.82, 2.24) is 0 Å². The van der Waals surface area contributed by atoms with Crippen LogP contribution >= 0.6 is 31.9 Å². The second kappa shape index (κ2) is 33.9. The van der Waals surface area contributed by atoms with Gasteiger partial charge in [0.2, 0.25) is 10.9 Å². The number of rotatable bonds is 19. The fraction of sp³-hybridized carbons (Fsp3) is 0.660. The number of methoxy groups -OCH3 is 2. The lowest BCUT2D eigenvalue weighted by atomic mass is 10.0. The minimum Gasteiger partial charge on any atom is -1.00 e. The molecule has 0 radical (unpaired) electrons. The number of carbonyl (C=O) groups excluding carboxylic acids is 2. The number of aliphatic carboxylic acids is 2. The van der Waals surface area contributed by atoms with Gasteiger partial charge in [-0.25, -0.2) is 18.4 Å². The van der Waals surface area contributed by atoms with Crippen LogP contribution in [0.3, 0.4) is 0 Å². The number of halogens is 5. The van der Waals surface area contributed by atoms with Crippen LogP contribution in [0.15, 0.2) is 48.5 Å². The molecule has 2 aliphatic heterocycles. The molecule has 8 atom stereocenters. The van der Waals surface area contributed by atoms with Gasteiger partial charge in [-0.15, -0.1) is 0 Å². The summed E-state index contributed by atoms with van der Waals surface area (Å²) in [6, 6.07) is 12.4. The van der Waals surface area contributed by atoms with Gasteiger partial charge in [-0.2, -0.15) is 0 Å². The molecule has 0 saturated carbocycles. The lowest BCUT2D eigenvalue weighted by Crippen LogP contribution is -3.00. The zero-order valence-electron chi connectivity index (χ0n) is 40.5. The largest absolute Gasteiger partial charge is 1.00 e. The molecule has 2 fully saturated rings. The molecule has 0 aliphatic carbocycles. The Kier molecular flexibility index (Phi) is 33.1. The van der Waals surface area contributed by atoms with Gasteiger partial charge in [0.15, 0.2) is 0 Å². The van der Waals surface area contributed by atoms with E-state index in [4.69, 9.17) is 53.3 Å². The predicted octanol–water partition coefficient (Wildman–Crippen LogP) is 6.47. The van der Waals surface area contributed by atoms with E-state index >= 15 is 0 Å². The minimum absolute atomic E-state index is 0. The van der Waals surface area contributed by atoms with Gasteiger partial charge in [-0.3, -0.25) is 9.59 Å². The Balaban J connectivity index is 0. The summed E-state index contributed by atoms with van der Waals surface area (Å²) in [5, 5.41) is 33.4. The second-order valence-electron chi connectivity index (χ2n) is 15.8. The number of ether oxygens (including phenoxy) is 6. The third-order valence-electron chi connectivity index (χ3n) is 10.5. The maximum Gasteiger partial charge on any atom is 0.340 e. The van der Waals surface area contributed by atoms with Crippen LogP contribution in [-0.2, 0) is 28.5 Å². The average Bonchev–Trinajstić information content (AvgIpc) is 3.63. The monoisotopic (exact) mass is 1090 g/mol. The van der Waals surface area contributed by atoms with E-state index in [0.717, 1.165) is 13.8 Å². The van der Waals surface area contributed by atoms with Crippen LogP contribution in [0, 0.1) is 5.92 Å². The zero-order valence-corrected chi connectivity index (χ0v) is 43.7. The maximum absolute atomic E-state index is 14.6. The summed E-state index contributed by atoms with van der Waals surface area (Å²) in [6.07, 6.45) is 4.22. The summed E-state index contributed by atoms with van der Waals surface area (Å²) in [5.41, 5.74) is 0.486. The predicted molar refractivity (Wildman–Crippen MR) is 254 cm³/mol. The topological polar surface area (TPSA) is 205 Å². The van der Waals surface area contributed by atoms with Crippen molar-refractivity contribution in [3.05, 3.63) is 59.7 Å². The molecular weight excluding hydrogens is 1020 g/mol. The van der Waals surface area contributed by atoms with Gasteiger partial charge in [0.05, 0.1) is 64.2 Å². The molecule has 386 valence electrons. The molecular formula is C47H74Br2F3NO14. The van der Waals surface area contributed by atoms with Crippen molar-refractivity contribution >= 4 is 55.7 Å². The molecule has 0 spiro atoms. The number of hydrogen-bond donors (Lipinski definition) is 4. The van der Waals surface area contributed by atoms with Crippen molar-refractivity contribution in [3.63, 3.8) is 0 Å². The number of carbonyl (C=O) groups is 4. The van der Waals surface area contributed by atoms with Crippen LogP contribution < -0.4 is 14.2 Å². The van der Waals surface area contributed by atoms with Crippen LogP contribution in [0.2, 0.25) is 0 Å². The molecule has 4 rings (SSSR count). The second-order valence-corrected chi connectivity index (χ2v) is 18.2. The fourth-order valence-electron chi connectivity index (χ4n) is 6.76. The normalized spacial score (nSPS) is 23.6. The van der Waals surface area contributed by atoms with E-state index in [1.165, 1.54) is 102 Å². The van der Waals surface area contributed by atoms with Gasteiger partial charge in [0, 0.05) is 19.8 Å². The van der Waals surface area contributed by atoms with E-state index in [2.05, 4.69) is 59.6 Å². The minimum atomic E-state index is -2.48. The number of aliphatic hydroxyl groups excluding tert-OH is 2. The number of carboxylic acids is 2. The van der Waals surface area contributed by atoms with Crippen LogP contribution in [0.1, 0.15) is 127 Å². The van der Waals surface area contributed by atoms with Crippen molar-refractivity contribution in [2.75, 3.05) is 47.0 Å². The van der Waals surface area contributed by atoms with Gasteiger partial charge >= 0.3 is 11.9 Å². The lowest BCUT2D eigenvalue weighted by molar-refractivity contribution is -0.928. The number of hydrogen-bond acceptors (Lipinski definition) is 12. The summed E-state index contributed by atoms with van der Waals surface area (Å²) >= 11 is 5.62. The van der Waals surface area contributed by atoms with Crippen molar-refractivity contribution < 1.29 is 86.0 Å². The molecule has 20 heteroatoms. The molecule has 2 aromatic rings. The Morgan fingerprint density at radius 2 is 1.00 bits per heavy atom. The highest BCUT2D eigenvalue weighted by molar-refractivity contribution is 9.10. The lowest BCUT2D eigenvalue weighted by Gasteiger charge is -2.39. The molecule has 0 amide bonds. The number of unbranched alkanes of at least 4 members (excludes halogenated alkanes) is 3. The molecule has 2 heterocycles. The number of quaternary nitrogens is 1. The first-order valence-corrected chi connectivity index (χ1v) is 23.9. The molecule has 4 N–H and O–H groups in total. The quantitative estimate of drug-likeness (QED) is 0.0677. The SMILES string of the molecule is CC(=O)O.CC(=O)O.CCCC[N+](CCC)(CCCC)CCCC.CC[C@H]1O[C@H](OC(=O)c2ccc(OC)cc2)[C@@](F)(Br)[C@@H]1C.COc1ccc(C(=O)O[C@H]2O[C@H](CO)[C@@H](O)[C@]2(F)Br)cc1.[F-]. The highest BCUT2D eigenvalue weighted by Crippen LogP contribution is 2.46. The van der Waals surface area contributed by atoms with Crippen molar-refractivity contribution in [3.8, 4) is 11.5 Å². The van der Waals surface area contributed by atoms with Crippen LogP contribution in [0.25, 0.3) is 0 Å². The van der Waals surface area contributed by atoms with Gasteiger partial charge in [-0.05, 0) is 112 Å². The van der Waals surface area contributed by atoms with E-state index in [-0.39, 0.29) is 16.4 Å². The fourth-order valence-corrected chi connectivity index (χ4v) is 7.75. The molecule has 2 saturated heterocycles. The molecule has 67 heavy (non-hydrogen) atoms. The maximum atomic E-state index is 14.6. The standard InChI is InChI=1S/C15H18BrFO4.C15H34N.C13H14BrFO6.2C2H4O2.FH/c1-4-12-9(2)15(16,17)14(20-12)21-13(18)10-5-7-11(19-3)8-6-10;1-5-9-13-16(12-8-4,14-10-6-2)15-11-7-3;1-19-8-4-2-7(3-5-8)11(18)21-12-13(14,15)10(17)9(6-16)20-12;2*1-2(3)4;/h5-9,12,14H,4H2,1-3H3;5-15H2,1-4H3;2-5,9-10,12,16-17H,6H2,1H3;2*1H3,(H,3,4);1H/q;+1;;;;/p-1/t9-,12-,14-,15-;;9-,10-,12-,13-;;;/m1.1.../s1. The number of benzene rings is 2. The van der Waals surface area contributed by atoms with Crippen LogP contribution in [-0.4, -0.2) is 136 Å². The Morgan fingerprint density at radius 3 is 1.27 bits per heavy atom. The third kappa shape index (κ3) is 23.1. The summed E-state index contributed by atoms with van der Waals surface area (Å²) in [5.74, 6) is -2.34. The number of carboxylic acid groups (broad SMARTS) is 2. The van der Waals surface area contributed by atoms with Crippen molar-refractivity contribution in [2.24, 2.45) is 5.92 Å². The molecule has 15 nitrogen and oxygen atoms in total. The number of nitrogens with zero attached hydrogens (tertiary/aromatic N) is 1. The Morgan fingerprint density at radius 1 is 0.657 bits per heavy atom. The van der Waals surface area contributed by atoms with Crippen molar-refractivity contribution in [1.29, 1.82) is 0 Å². The van der Waals surface area contributed by atoms with E-state index in [0.29, 0.717) is 23.5 Å². The van der Waals surface area contributed by atoms with Gasteiger partial charge in [0.25, 0.3) is 22.8 Å². The van der Waals surface area contributed by atoms with E-state index < -0.39 is 70.3 Å². The Labute approximate surface area is 411 Å². The van der Waals surface area contributed by atoms with Crippen LogP contribution in [0.4, 0.5) is 8.78 Å². The van der Waals surface area contributed by atoms with Gasteiger partial charge in [-0.1, -0.05) is 60.8 Å². The van der Waals surface area contributed by atoms with Crippen molar-refractivity contribution in [2.45, 2.75) is 147 Å². The summed E-state index contributed by atoms with van der Waals surface area (Å²) in [6.45, 7) is 20.2. The highest BCUT2D eigenvalue weighted by Gasteiger charge is 2.58. The molecule has 0 aromatic heterocycles. The van der Waals surface area contributed by atoms with Gasteiger partial charge in [0.1, 0.15) is 23.7 Å². The van der Waals surface area contributed by atoms with E-state index in [9.17, 15) is 23.5 Å². The summed E-state index contributed by atoms with van der Waals surface area (Å²) < 4.78 is 56.4. The zero-order chi connectivity index (χ0) is 50.7. The average molecular weight is 1090 g/mol. The summed E-state index contributed by atoms with van der Waals surface area (Å²) in [4.78, 5) is 42.0. The first kappa shape index (κ1) is 65.6.